The number of hydrogen-bond acceptors (Lipinski definition) is 3. The minimum atomic E-state index is 0.452. The first-order chi connectivity index (χ1) is 3.85. The number of nitrogens with two attached hydrogens (primary N) is 2. The number of rotatable bonds is 2. The molecule has 0 fully saturated rings. The Balaban J connectivity index is 3.72. The van der Waals surface area contributed by atoms with Gasteiger partial charge in [0.2, 0.25) is 0 Å². The monoisotopic (exact) mass is 113 g/mol. The molecule has 0 saturated carbocycles. The summed E-state index contributed by atoms with van der Waals surface area (Å²) in [5.41, 5.74) is 11.2. The van der Waals surface area contributed by atoms with Gasteiger partial charge in [-0.3, -0.25) is 4.99 Å². The molecule has 0 aliphatic carbocycles. The lowest BCUT2D eigenvalue weighted by atomic mass is 10.3. The van der Waals surface area contributed by atoms with Crippen LogP contribution in [0.25, 0.3) is 0 Å². The third kappa shape index (κ3) is 2.36. The highest BCUT2D eigenvalue weighted by molar-refractivity contribution is 5.78. The zero-order valence-corrected chi connectivity index (χ0v) is 4.96. The van der Waals surface area contributed by atoms with Crippen molar-refractivity contribution in [1.29, 1.82) is 0 Å². The van der Waals surface area contributed by atoms with Gasteiger partial charge in [-0.05, 0) is 11.8 Å². The van der Waals surface area contributed by atoms with Crippen molar-refractivity contribution in [2.24, 2.45) is 16.5 Å². The zero-order chi connectivity index (χ0) is 6.41. The van der Waals surface area contributed by atoms with Crippen LogP contribution in [0.2, 0.25) is 0 Å². The molecule has 0 heterocycles. The summed E-state index contributed by atoms with van der Waals surface area (Å²) in [6, 6.07) is 0. The first-order valence-corrected chi connectivity index (χ1v) is 2.38. The van der Waals surface area contributed by atoms with E-state index in [1.165, 1.54) is 6.20 Å². The van der Waals surface area contributed by atoms with Crippen LogP contribution in [-0.2, 0) is 0 Å². The maximum Gasteiger partial charge on any atom is 0.0277 e. The molecule has 0 aliphatic rings. The molecule has 8 heavy (non-hydrogen) atoms. The lowest BCUT2D eigenvalue weighted by Crippen LogP contribution is -2.05. The molecular formula is C5H11N3. The Bertz CT molecular complexity index is 101. The maximum atomic E-state index is 5.23. The largest absolute Gasteiger partial charge is 0.404 e. The molecule has 0 amide bonds. The fourth-order valence-corrected chi connectivity index (χ4v) is 0.330. The molecule has 0 spiro atoms. The van der Waals surface area contributed by atoms with Gasteiger partial charge in [-0.1, -0.05) is 0 Å². The second-order valence-corrected chi connectivity index (χ2v) is 1.33. The van der Waals surface area contributed by atoms with Gasteiger partial charge >= 0.3 is 0 Å². The first kappa shape index (κ1) is 7.17. The van der Waals surface area contributed by atoms with Crippen molar-refractivity contribution in [3.05, 3.63) is 11.8 Å². The van der Waals surface area contributed by atoms with Crippen molar-refractivity contribution in [1.82, 2.24) is 0 Å². The van der Waals surface area contributed by atoms with E-state index in [2.05, 4.69) is 4.99 Å². The van der Waals surface area contributed by atoms with Crippen LogP contribution in [0, 0.1) is 0 Å². The second-order valence-electron chi connectivity index (χ2n) is 1.33. The molecule has 0 aromatic carbocycles. The highest BCUT2D eigenvalue weighted by Gasteiger charge is 1.81. The molecule has 0 atom stereocenters. The number of hydrogen-bond donors (Lipinski definition) is 2. The Morgan fingerprint density at radius 1 is 1.75 bits per heavy atom. The Morgan fingerprint density at radius 2 is 2.38 bits per heavy atom. The van der Waals surface area contributed by atoms with E-state index in [4.69, 9.17) is 11.5 Å². The predicted octanol–water partition coefficient (Wildman–Crippen LogP) is -0.512. The SMILES string of the molecule is CN=CC(=CN)CN. The van der Waals surface area contributed by atoms with E-state index in [0.717, 1.165) is 5.57 Å². The molecule has 0 radical (unpaired) electrons. The molecule has 46 valence electrons. The first-order valence-electron chi connectivity index (χ1n) is 2.38. The normalized spacial score (nSPS) is 13.0. The van der Waals surface area contributed by atoms with Gasteiger partial charge in [0.1, 0.15) is 0 Å². The summed E-state index contributed by atoms with van der Waals surface area (Å²) in [5.74, 6) is 0. The van der Waals surface area contributed by atoms with Crippen molar-refractivity contribution in [3.8, 4) is 0 Å². The molecule has 0 saturated heterocycles. The third-order valence-corrected chi connectivity index (χ3v) is 0.745. The summed E-state index contributed by atoms with van der Waals surface area (Å²) in [7, 11) is 1.68. The fourth-order valence-electron chi connectivity index (χ4n) is 0.330. The molecule has 3 heteroatoms. The lowest BCUT2D eigenvalue weighted by molar-refractivity contribution is 1.20. The van der Waals surface area contributed by atoms with Gasteiger partial charge in [0, 0.05) is 19.8 Å². The van der Waals surface area contributed by atoms with Crippen LogP contribution in [0.1, 0.15) is 0 Å². The van der Waals surface area contributed by atoms with Gasteiger partial charge in [0.25, 0.3) is 0 Å². The summed E-state index contributed by atoms with van der Waals surface area (Å²) >= 11 is 0. The number of aliphatic imine (C=N–C) groups is 1. The molecule has 4 N–H and O–H groups in total. The summed E-state index contributed by atoms with van der Waals surface area (Å²) in [4.78, 5) is 3.72. The Kier molecular flexibility index (Phi) is 3.88. The van der Waals surface area contributed by atoms with Crippen LogP contribution in [0.4, 0.5) is 0 Å². The van der Waals surface area contributed by atoms with E-state index in [0.29, 0.717) is 6.54 Å². The van der Waals surface area contributed by atoms with Gasteiger partial charge in [-0.2, -0.15) is 0 Å². The average molecular weight is 113 g/mol. The van der Waals surface area contributed by atoms with Gasteiger partial charge < -0.3 is 11.5 Å². The van der Waals surface area contributed by atoms with Crippen LogP contribution >= 0.6 is 0 Å². The van der Waals surface area contributed by atoms with E-state index in [9.17, 15) is 0 Å². The van der Waals surface area contributed by atoms with Crippen molar-refractivity contribution in [2.45, 2.75) is 0 Å². The Hall–Kier alpha value is -0.830. The van der Waals surface area contributed by atoms with E-state index in [1.807, 2.05) is 0 Å². The topological polar surface area (TPSA) is 64.4 Å². The van der Waals surface area contributed by atoms with Crippen LogP contribution in [-0.4, -0.2) is 19.8 Å². The van der Waals surface area contributed by atoms with Crippen molar-refractivity contribution < 1.29 is 0 Å². The molecule has 0 aromatic heterocycles. The third-order valence-electron chi connectivity index (χ3n) is 0.745. The molecule has 0 bridgehead atoms. The summed E-state index contributed by atoms with van der Waals surface area (Å²) in [6.45, 7) is 0.452. The van der Waals surface area contributed by atoms with Crippen LogP contribution < -0.4 is 11.5 Å². The Labute approximate surface area is 49.1 Å². The standard InChI is InChI=1S/C5H11N3/c1-8-4-5(2-6)3-7/h2,4H,3,6-7H2,1H3. The zero-order valence-electron chi connectivity index (χ0n) is 4.96. The number of nitrogens with zero attached hydrogens (tertiary/aromatic N) is 1. The lowest BCUT2D eigenvalue weighted by Gasteiger charge is -1.89. The molecule has 0 unspecified atom stereocenters. The van der Waals surface area contributed by atoms with Gasteiger partial charge in [-0.25, -0.2) is 0 Å². The van der Waals surface area contributed by atoms with E-state index in [1.54, 1.807) is 13.3 Å². The molecular weight excluding hydrogens is 102 g/mol. The molecule has 0 aliphatic heterocycles. The molecule has 0 rings (SSSR count). The van der Waals surface area contributed by atoms with Crippen LogP contribution in [0.15, 0.2) is 16.8 Å². The van der Waals surface area contributed by atoms with Gasteiger partial charge in [-0.15, -0.1) is 0 Å². The highest BCUT2D eigenvalue weighted by atomic mass is 14.7. The fraction of sp³-hybridized carbons (Fsp3) is 0.400. The van der Waals surface area contributed by atoms with E-state index in [-0.39, 0.29) is 0 Å². The van der Waals surface area contributed by atoms with Crippen molar-refractivity contribution in [3.63, 3.8) is 0 Å². The quantitative estimate of drug-likeness (QED) is 0.474. The van der Waals surface area contributed by atoms with Crippen LogP contribution in [0.5, 0.6) is 0 Å². The van der Waals surface area contributed by atoms with Gasteiger partial charge in [0.05, 0.1) is 0 Å². The molecule has 3 nitrogen and oxygen atoms in total. The van der Waals surface area contributed by atoms with E-state index < -0.39 is 0 Å². The summed E-state index contributed by atoms with van der Waals surface area (Å²) < 4.78 is 0. The second kappa shape index (κ2) is 4.33. The minimum absolute atomic E-state index is 0.452. The minimum Gasteiger partial charge on any atom is -0.404 e. The predicted molar refractivity (Wildman–Crippen MR) is 35.7 cm³/mol. The van der Waals surface area contributed by atoms with Crippen molar-refractivity contribution in [2.75, 3.05) is 13.6 Å². The summed E-state index contributed by atoms with van der Waals surface area (Å²) in [5, 5.41) is 0. The summed E-state index contributed by atoms with van der Waals surface area (Å²) in [6.07, 6.45) is 3.09. The van der Waals surface area contributed by atoms with Crippen molar-refractivity contribution >= 4 is 6.21 Å². The highest BCUT2D eigenvalue weighted by Crippen LogP contribution is 1.79. The van der Waals surface area contributed by atoms with Crippen LogP contribution in [0.3, 0.4) is 0 Å². The maximum absolute atomic E-state index is 5.23. The van der Waals surface area contributed by atoms with Gasteiger partial charge in [0.15, 0.2) is 0 Å². The average Bonchev–Trinajstić information content (AvgIpc) is 1.83. The Morgan fingerprint density at radius 3 is 2.50 bits per heavy atom. The smallest absolute Gasteiger partial charge is 0.0277 e. The van der Waals surface area contributed by atoms with E-state index >= 15 is 0 Å². The molecule has 0 aromatic rings.